The number of amides is 2. The summed E-state index contributed by atoms with van der Waals surface area (Å²) in [6.45, 7) is 4.50. The Kier molecular flexibility index (Phi) is 8.21. The summed E-state index contributed by atoms with van der Waals surface area (Å²) in [7, 11) is 4.77. The Hall–Kier alpha value is -4.46. The number of pyridine rings is 1. The number of methoxy groups -OCH3 is 3. The minimum absolute atomic E-state index is 0.147. The largest absolute Gasteiger partial charge is 0.497 e. The van der Waals surface area contributed by atoms with Crippen molar-refractivity contribution in [3.8, 4) is 17.2 Å². The highest BCUT2D eigenvalue weighted by molar-refractivity contribution is 5.89. The number of hydrogen-bond acceptors (Lipinski definition) is 5. The summed E-state index contributed by atoms with van der Waals surface area (Å²) in [6.07, 6.45) is 0.556. The zero-order chi connectivity index (χ0) is 27.2. The molecule has 8 heteroatoms. The standard InChI is InChI=1S/C30H33N3O5/c1-19-6-7-20(2)28-25(19)17-22(29(34)32-28)18-33(30(35)31-23-9-11-24(36-3)12-10-23)15-14-21-8-13-26(37-4)27(16-21)38-5/h6-13,16-17H,14-15,18H2,1-5H3,(H,31,35)(H,32,34). The molecule has 0 saturated heterocycles. The van der Waals surface area contributed by atoms with Gasteiger partial charge in [-0.05, 0) is 79.4 Å². The van der Waals surface area contributed by atoms with Crippen LogP contribution in [0.15, 0.2) is 65.5 Å². The second-order valence-corrected chi connectivity index (χ2v) is 9.13. The molecule has 2 amide bonds. The molecule has 1 aromatic heterocycles. The van der Waals surface area contributed by atoms with Crippen molar-refractivity contribution >= 4 is 22.6 Å². The zero-order valence-corrected chi connectivity index (χ0v) is 22.4. The zero-order valence-electron chi connectivity index (χ0n) is 22.4. The van der Waals surface area contributed by atoms with Crippen molar-refractivity contribution in [2.24, 2.45) is 0 Å². The molecule has 0 aliphatic rings. The number of aryl methyl sites for hydroxylation is 2. The third kappa shape index (κ3) is 5.91. The van der Waals surface area contributed by atoms with Crippen molar-refractivity contribution in [1.29, 1.82) is 0 Å². The third-order valence-corrected chi connectivity index (χ3v) is 6.63. The molecule has 3 aromatic carbocycles. The number of benzene rings is 3. The monoisotopic (exact) mass is 515 g/mol. The number of ether oxygens (including phenoxy) is 3. The van der Waals surface area contributed by atoms with Gasteiger partial charge in [0, 0.05) is 23.2 Å². The van der Waals surface area contributed by atoms with Crippen LogP contribution >= 0.6 is 0 Å². The van der Waals surface area contributed by atoms with E-state index in [-0.39, 0.29) is 18.1 Å². The normalized spacial score (nSPS) is 10.8. The van der Waals surface area contributed by atoms with Crippen molar-refractivity contribution in [3.05, 3.63) is 93.3 Å². The molecule has 0 unspecified atom stereocenters. The molecule has 0 aliphatic heterocycles. The molecule has 2 N–H and O–H groups in total. The van der Waals surface area contributed by atoms with E-state index in [0.717, 1.165) is 27.6 Å². The SMILES string of the molecule is COc1ccc(NC(=O)N(CCc2ccc(OC)c(OC)c2)Cc2cc3c(C)ccc(C)c3[nH]c2=O)cc1. The quantitative estimate of drug-likeness (QED) is 0.309. The fourth-order valence-corrected chi connectivity index (χ4v) is 4.37. The van der Waals surface area contributed by atoms with E-state index in [0.29, 0.717) is 41.5 Å². The fourth-order valence-electron chi connectivity index (χ4n) is 4.37. The van der Waals surface area contributed by atoms with Gasteiger partial charge >= 0.3 is 6.03 Å². The number of aromatic nitrogens is 1. The number of carbonyl (C=O) groups excluding carboxylic acids is 1. The lowest BCUT2D eigenvalue weighted by molar-refractivity contribution is 0.209. The molecule has 4 aromatic rings. The maximum Gasteiger partial charge on any atom is 0.322 e. The van der Waals surface area contributed by atoms with Crippen molar-refractivity contribution in [3.63, 3.8) is 0 Å². The first-order valence-electron chi connectivity index (χ1n) is 12.4. The minimum Gasteiger partial charge on any atom is -0.497 e. The molecule has 0 aliphatic carbocycles. The van der Waals surface area contributed by atoms with Crippen LogP contribution in [-0.2, 0) is 13.0 Å². The fraction of sp³-hybridized carbons (Fsp3) is 0.267. The van der Waals surface area contributed by atoms with E-state index >= 15 is 0 Å². The Morgan fingerprint density at radius 2 is 1.58 bits per heavy atom. The molecule has 1 heterocycles. The molecule has 0 saturated carbocycles. The smallest absolute Gasteiger partial charge is 0.322 e. The molecule has 0 bridgehead atoms. The predicted octanol–water partition coefficient (Wildman–Crippen LogP) is 5.45. The predicted molar refractivity (Wildman–Crippen MR) is 150 cm³/mol. The molecule has 0 radical (unpaired) electrons. The molecular weight excluding hydrogens is 482 g/mol. The Bertz CT molecular complexity index is 1490. The van der Waals surface area contributed by atoms with Crippen LogP contribution in [0.2, 0.25) is 0 Å². The molecule has 198 valence electrons. The summed E-state index contributed by atoms with van der Waals surface area (Å²) < 4.78 is 16.0. The maximum atomic E-state index is 13.4. The van der Waals surface area contributed by atoms with Crippen LogP contribution in [-0.4, -0.2) is 43.8 Å². The van der Waals surface area contributed by atoms with Crippen LogP contribution in [0.5, 0.6) is 17.2 Å². The van der Waals surface area contributed by atoms with E-state index in [1.54, 1.807) is 50.5 Å². The summed E-state index contributed by atoms with van der Waals surface area (Å²) in [5.41, 5.74) is 4.79. The minimum atomic E-state index is -0.309. The highest BCUT2D eigenvalue weighted by atomic mass is 16.5. The molecule has 4 rings (SSSR count). The van der Waals surface area contributed by atoms with Gasteiger partial charge in [0.05, 0.1) is 33.4 Å². The molecule has 0 fully saturated rings. The highest BCUT2D eigenvalue weighted by Crippen LogP contribution is 2.28. The van der Waals surface area contributed by atoms with Gasteiger partial charge in [-0.25, -0.2) is 4.79 Å². The van der Waals surface area contributed by atoms with E-state index in [2.05, 4.69) is 10.3 Å². The topological polar surface area (TPSA) is 92.9 Å². The van der Waals surface area contributed by atoms with Crippen LogP contribution in [0.1, 0.15) is 22.3 Å². The van der Waals surface area contributed by atoms with Crippen molar-refractivity contribution in [2.75, 3.05) is 33.2 Å². The number of anilines is 1. The van der Waals surface area contributed by atoms with Gasteiger partial charge in [-0.2, -0.15) is 0 Å². The van der Waals surface area contributed by atoms with Gasteiger partial charge in [0.15, 0.2) is 11.5 Å². The average Bonchev–Trinajstić information content (AvgIpc) is 2.93. The summed E-state index contributed by atoms with van der Waals surface area (Å²) in [4.78, 5) is 31.2. The summed E-state index contributed by atoms with van der Waals surface area (Å²) in [5.74, 6) is 1.96. The lowest BCUT2D eigenvalue weighted by atomic mass is 10.0. The second-order valence-electron chi connectivity index (χ2n) is 9.13. The number of nitrogens with one attached hydrogen (secondary N) is 2. The number of urea groups is 1. The summed E-state index contributed by atoms with van der Waals surface area (Å²) in [5, 5.41) is 3.91. The number of carbonyl (C=O) groups is 1. The number of aromatic amines is 1. The van der Waals surface area contributed by atoms with E-state index in [1.807, 2.05) is 50.2 Å². The molecule has 38 heavy (non-hydrogen) atoms. The maximum absolute atomic E-state index is 13.4. The van der Waals surface area contributed by atoms with Gasteiger partial charge in [0.2, 0.25) is 0 Å². The average molecular weight is 516 g/mol. The second kappa shape index (κ2) is 11.7. The molecule has 0 spiro atoms. The van der Waals surface area contributed by atoms with E-state index in [9.17, 15) is 9.59 Å². The van der Waals surface area contributed by atoms with Crippen molar-refractivity contribution in [2.45, 2.75) is 26.8 Å². The van der Waals surface area contributed by atoms with Gasteiger partial charge in [0.25, 0.3) is 5.56 Å². The number of fused-ring (bicyclic) bond motifs is 1. The first-order chi connectivity index (χ1) is 18.3. The van der Waals surface area contributed by atoms with Crippen LogP contribution in [0.25, 0.3) is 10.9 Å². The summed E-state index contributed by atoms with van der Waals surface area (Å²) in [6, 6.07) is 18.4. The summed E-state index contributed by atoms with van der Waals surface area (Å²) >= 11 is 0. The lowest BCUT2D eigenvalue weighted by Gasteiger charge is -2.24. The van der Waals surface area contributed by atoms with Crippen LogP contribution < -0.4 is 25.1 Å². The van der Waals surface area contributed by atoms with E-state index in [4.69, 9.17) is 14.2 Å². The first kappa shape index (κ1) is 26.6. The number of hydrogen-bond donors (Lipinski definition) is 2. The van der Waals surface area contributed by atoms with Gasteiger partial charge in [-0.3, -0.25) is 4.79 Å². The lowest BCUT2D eigenvalue weighted by Crippen LogP contribution is -2.37. The highest BCUT2D eigenvalue weighted by Gasteiger charge is 2.18. The van der Waals surface area contributed by atoms with Gasteiger partial charge in [0.1, 0.15) is 5.75 Å². The number of rotatable bonds is 9. The Morgan fingerprint density at radius 3 is 2.26 bits per heavy atom. The van der Waals surface area contributed by atoms with Crippen molar-refractivity contribution < 1.29 is 19.0 Å². The Labute approximate surface area is 222 Å². The molecule has 8 nitrogen and oxygen atoms in total. The van der Waals surface area contributed by atoms with E-state index in [1.165, 1.54) is 0 Å². The van der Waals surface area contributed by atoms with E-state index < -0.39 is 0 Å². The van der Waals surface area contributed by atoms with Crippen molar-refractivity contribution in [1.82, 2.24) is 9.88 Å². The van der Waals surface area contributed by atoms with Crippen LogP contribution in [0.3, 0.4) is 0 Å². The Balaban J connectivity index is 1.62. The molecular formula is C30H33N3O5. The van der Waals surface area contributed by atoms with Gasteiger partial charge < -0.3 is 29.4 Å². The van der Waals surface area contributed by atoms with Crippen LogP contribution in [0.4, 0.5) is 10.5 Å². The van der Waals surface area contributed by atoms with Gasteiger partial charge in [-0.15, -0.1) is 0 Å². The Morgan fingerprint density at radius 1 is 0.868 bits per heavy atom. The third-order valence-electron chi connectivity index (χ3n) is 6.63. The number of nitrogens with zero attached hydrogens (tertiary/aromatic N) is 1. The molecule has 0 atom stereocenters. The first-order valence-corrected chi connectivity index (χ1v) is 12.4. The number of H-pyrrole nitrogens is 1. The van der Waals surface area contributed by atoms with Crippen LogP contribution in [0, 0.1) is 13.8 Å². The van der Waals surface area contributed by atoms with Gasteiger partial charge in [-0.1, -0.05) is 18.2 Å².